The van der Waals surface area contributed by atoms with E-state index in [1.165, 1.54) is 5.56 Å². The van der Waals surface area contributed by atoms with E-state index in [0.29, 0.717) is 27.1 Å². The Balaban J connectivity index is 2.03. The highest BCUT2D eigenvalue weighted by atomic mass is 35.5. The molecule has 0 spiro atoms. The Bertz CT molecular complexity index is 720. The van der Waals surface area contributed by atoms with Gasteiger partial charge in [0.2, 0.25) is 0 Å². The maximum Gasteiger partial charge on any atom is 0.148 e. The standard InChI is InChI=1S/C15H11Cl2N3/c16-11-4-2-6-13(14(11)17)20-15-10(8-18)7-9-3-1-5-12(9)19-15/h2,4,6-7H,1,3,5H2,(H,19,20). The molecule has 5 heteroatoms. The van der Waals surface area contributed by atoms with Crippen LogP contribution in [-0.2, 0) is 12.8 Å². The van der Waals surface area contributed by atoms with E-state index in [2.05, 4.69) is 16.4 Å². The molecule has 0 fully saturated rings. The number of rotatable bonds is 2. The Labute approximate surface area is 127 Å². The van der Waals surface area contributed by atoms with Gasteiger partial charge in [0.25, 0.3) is 0 Å². The number of pyridine rings is 1. The fourth-order valence-corrected chi connectivity index (χ4v) is 2.73. The van der Waals surface area contributed by atoms with E-state index in [1.54, 1.807) is 12.1 Å². The van der Waals surface area contributed by atoms with Crippen molar-refractivity contribution in [3.05, 3.63) is 51.1 Å². The average molecular weight is 304 g/mol. The fourth-order valence-electron chi connectivity index (χ4n) is 2.38. The van der Waals surface area contributed by atoms with Gasteiger partial charge in [-0.25, -0.2) is 4.98 Å². The van der Waals surface area contributed by atoms with Crippen molar-refractivity contribution in [2.75, 3.05) is 5.32 Å². The van der Waals surface area contributed by atoms with Crippen LogP contribution in [0.1, 0.15) is 23.2 Å². The first-order valence-electron chi connectivity index (χ1n) is 6.33. The number of aromatic nitrogens is 1. The van der Waals surface area contributed by atoms with Gasteiger partial charge in [-0.1, -0.05) is 29.3 Å². The van der Waals surface area contributed by atoms with Crippen molar-refractivity contribution in [1.29, 1.82) is 5.26 Å². The molecule has 0 saturated carbocycles. The van der Waals surface area contributed by atoms with E-state index in [0.717, 1.165) is 25.0 Å². The molecular weight excluding hydrogens is 293 g/mol. The lowest BCUT2D eigenvalue weighted by molar-refractivity contribution is 0.900. The van der Waals surface area contributed by atoms with Gasteiger partial charge in [-0.3, -0.25) is 0 Å². The lowest BCUT2D eigenvalue weighted by Gasteiger charge is -2.11. The lowest BCUT2D eigenvalue weighted by atomic mass is 10.1. The smallest absolute Gasteiger partial charge is 0.148 e. The van der Waals surface area contributed by atoms with E-state index in [-0.39, 0.29) is 0 Å². The number of anilines is 2. The third-order valence-electron chi connectivity index (χ3n) is 3.38. The predicted octanol–water partition coefficient (Wildman–Crippen LogP) is 4.49. The van der Waals surface area contributed by atoms with Crippen molar-refractivity contribution in [2.24, 2.45) is 0 Å². The first-order chi connectivity index (χ1) is 9.69. The number of halogens is 2. The molecule has 20 heavy (non-hydrogen) atoms. The van der Waals surface area contributed by atoms with Crippen LogP contribution < -0.4 is 5.32 Å². The summed E-state index contributed by atoms with van der Waals surface area (Å²) in [6.07, 6.45) is 3.04. The molecule has 0 unspecified atom stereocenters. The van der Waals surface area contributed by atoms with Gasteiger partial charge in [-0.2, -0.15) is 5.26 Å². The van der Waals surface area contributed by atoms with E-state index >= 15 is 0 Å². The summed E-state index contributed by atoms with van der Waals surface area (Å²) in [7, 11) is 0. The highest BCUT2D eigenvalue weighted by molar-refractivity contribution is 6.43. The molecular formula is C15H11Cl2N3. The molecule has 0 saturated heterocycles. The van der Waals surface area contributed by atoms with Crippen LogP contribution in [0.3, 0.4) is 0 Å². The van der Waals surface area contributed by atoms with Crippen LogP contribution in [0.4, 0.5) is 11.5 Å². The van der Waals surface area contributed by atoms with Crippen molar-refractivity contribution in [2.45, 2.75) is 19.3 Å². The maximum atomic E-state index is 9.26. The van der Waals surface area contributed by atoms with Crippen LogP contribution in [0, 0.1) is 11.3 Å². The molecule has 1 heterocycles. The van der Waals surface area contributed by atoms with Gasteiger partial charge in [0, 0.05) is 5.69 Å². The van der Waals surface area contributed by atoms with E-state index in [1.807, 2.05) is 12.1 Å². The molecule has 1 aromatic heterocycles. The number of benzene rings is 1. The normalized spacial score (nSPS) is 12.8. The zero-order valence-electron chi connectivity index (χ0n) is 10.6. The Morgan fingerprint density at radius 2 is 2.10 bits per heavy atom. The summed E-state index contributed by atoms with van der Waals surface area (Å²) in [5.41, 5.74) is 3.41. The Morgan fingerprint density at radius 3 is 2.90 bits per heavy atom. The van der Waals surface area contributed by atoms with Crippen molar-refractivity contribution in [3.63, 3.8) is 0 Å². The van der Waals surface area contributed by atoms with Crippen molar-refractivity contribution >= 4 is 34.7 Å². The summed E-state index contributed by atoms with van der Waals surface area (Å²) in [6, 6.07) is 9.42. The molecule has 0 aliphatic heterocycles. The molecule has 3 rings (SSSR count). The highest BCUT2D eigenvalue weighted by Gasteiger charge is 2.17. The first kappa shape index (κ1) is 13.2. The minimum atomic E-state index is 0.431. The number of hydrogen-bond donors (Lipinski definition) is 1. The molecule has 1 N–H and O–H groups in total. The number of fused-ring (bicyclic) bond motifs is 1. The predicted molar refractivity (Wildman–Crippen MR) is 80.7 cm³/mol. The third-order valence-corrected chi connectivity index (χ3v) is 4.19. The van der Waals surface area contributed by atoms with Crippen LogP contribution in [0.15, 0.2) is 24.3 Å². The number of aryl methyl sites for hydroxylation is 2. The zero-order chi connectivity index (χ0) is 14.1. The Kier molecular flexibility index (Phi) is 3.52. The van der Waals surface area contributed by atoms with Crippen LogP contribution in [0.5, 0.6) is 0 Å². The van der Waals surface area contributed by atoms with E-state index < -0.39 is 0 Å². The number of nitriles is 1. The van der Waals surface area contributed by atoms with Gasteiger partial charge >= 0.3 is 0 Å². The molecule has 0 radical (unpaired) electrons. The lowest BCUT2D eigenvalue weighted by Crippen LogP contribution is -2.01. The van der Waals surface area contributed by atoms with Crippen molar-refractivity contribution in [1.82, 2.24) is 4.98 Å². The van der Waals surface area contributed by atoms with Gasteiger partial charge in [0.1, 0.15) is 11.9 Å². The second-order valence-corrected chi connectivity index (χ2v) is 5.47. The Morgan fingerprint density at radius 1 is 1.25 bits per heavy atom. The van der Waals surface area contributed by atoms with E-state index in [9.17, 15) is 5.26 Å². The zero-order valence-corrected chi connectivity index (χ0v) is 12.1. The molecule has 0 amide bonds. The van der Waals surface area contributed by atoms with Gasteiger partial charge < -0.3 is 5.32 Å². The summed E-state index contributed by atoms with van der Waals surface area (Å²) >= 11 is 12.1. The summed E-state index contributed by atoms with van der Waals surface area (Å²) < 4.78 is 0. The number of nitrogens with one attached hydrogen (secondary N) is 1. The molecule has 0 bridgehead atoms. The minimum Gasteiger partial charge on any atom is -0.338 e. The second kappa shape index (κ2) is 5.32. The van der Waals surface area contributed by atoms with Gasteiger partial charge in [-0.05, 0) is 43.0 Å². The summed E-state index contributed by atoms with van der Waals surface area (Å²) in [5, 5.41) is 13.3. The van der Waals surface area contributed by atoms with E-state index in [4.69, 9.17) is 23.2 Å². The quantitative estimate of drug-likeness (QED) is 0.889. The molecule has 1 aliphatic rings. The van der Waals surface area contributed by atoms with Crippen LogP contribution in [0.25, 0.3) is 0 Å². The average Bonchev–Trinajstić information content (AvgIpc) is 2.90. The van der Waals surface area contributed by atoms with Crippen molar-refractivity contribution < 1.29 is 0 Å². The first-order valence-corrected chi connectivity index (χ1v) is 7.08. The summed E-state index contributed by atoms with van der Waals surface area (Å²) in [4.78, 5) is 4.55. The maximum absolute atomic E-state index is 9.26. The summed E-state index contributed by atoms with van der Waals surface area (Å²) in [6.45, 7) is 0. The largest absolute Gasteiger partial charge is 0.338 e. The summed E-state index contributed by atoms with van der Waals surface area (Å²) in [5.74, 6) is 0.539. The second-order valence-electron chi connectivity index (χ2n) is 4.68. The molecule has 1 aliphatic carbocycles. The molecule has 1 aromatic carbocycles. The van der Waals surface area contributed by atoms with Crippen molar-refractivity contribution in [3.8, 4) is 6.07 Å². The molecule has 0 atom stereocenters. The van der Waals surface area contributed by atoms with Crippen LogP contribution in [0.2, 0.25) is 10.0 Å². The van der Waals surface area contributed by atoms with Crippen LogP contribution in [-0.4, -0.2) is 4.98 Å². The molecule has 100 valence electrons. The van der Waals surface area contributed by atoms with Gasteiger partial charge in [0.15, 0.2) is 0 Å². The monoisotopic (exact) mass is 303 g/mol. The number of hydrogen-bond acceptors (Lipinski definition) is 3. The molecule has 2 aromatic rings. The topological polar surface area (TPSA) is 48.7 Å². The third kappa shape index (κ3) is 2.33. The van der Waals surface area contributed by atoms with Gasteiger partial charge in [0.05, 0.1) is 21.3 Å². The van der Waals surface area contributed by atoms with Crippen LogP contribution >= 0.6 is 23.2 Å². The Hall–Kier alpha value is -1.76. The van der Waals surface area contributed by atoms with Gasteiger partial charge in [-0.15, -0.1) is 0 Å². The molecule has 3 nitrogen and oxygen atoms in total. The minimum absolute atomic E-state index is 0.431. The number of nitrogens with zero attached hydrogens (tertiary/aromatic N) is 2. The highest BCUT2D eigenvalue weighted by Crippen LogP contribution is 2.33. The fraction of sp³-hybridized carbons (Fsp3) is 0.200. The SMILES string of the molecule is N#Cc1cc2c(nc1Nc1cccc(Cl)c1Cl)CCC2.